The number of nitrogens with one attached hydrogen (secondary N) is 1. The monoisotopic (exact) mass is 266 g/mol. The Morgan fingerprint density at radius 2 is 2.37 bits per heavy atom. The molecule has 0 radical (unpaired) electrons. The second-order valence-corrected chi connectivity index (χ2v) is 4.63. The summed E-state index contributed by atoms with van der Waals surface area (Å²) in [6, 6.07) is -0.993. The first kappa shape index (κ1) is 13.4. The molecule has 104 valence electrons. The number of carbonyl (C=O) groups is 2. The van der Waals surface area contributed by atoms with Crippen LogP contribution < -0.4 is 5.32 Å². The van der Waals surface area contributed by atoms with E-state index in [2.05, 4.69) is 10.3 Å². The number of imidazole rings is 1. The number of likely N-dealkylation sites (tertiary alicyclic amines) is 1. The molecule has 1 fully saturated rings. The van der Waals surface area contributed by atoms with Gasteiger partial charge < -0.3 is 19.9 Å². The van der Waals surface area contributed by atoms with Crippen LogP contribution in [0.3, 0.4) is 0 Å². The molecular formula is C12H18N4O3. The fraction of sp³-hybridized carbons (Fsp3) is 0.583. The lowest BCUT2D eigenvalue weighted by Gasteiger charge is -2.21. The predicted octanol–water partition coefficient (Wildman–Crippen LogP) is 0.221. The van der Waals surface area contributed by atoms with E-state index in [0.29, 0.717) is 25.9 Å². The average Bonchev–Trinajstić information content (AvgIpc) is 2.98. The number of carboxylic acid groups (broad SMARTS) is 1. The molecule has 2 amide bonds. The van der Waals surface area contributed by atoms with Crippen molar-refractivity contribution in [2.45, 2.75) is 25.3 Å². The molecule has 0 bridgehead atoms. The number of urea groups is 1. The summed E-state index contributed by atoms with van der Waals surface area (Å²) in [5.41, 5.74) is 0. The fourth-order valence-corrected chi connectivity index (χ4v) is 2.29. The Morgan fingerprint density at radius 3 is 3.00 bits per heavy atom. The van der Waals surface area contributed by atoms with Crippen molar-refractivity contribution in [2.24, 2.45) is 7.05 Å². The molecule has 0 aliphatic carbocycles. The highest BCUT2D eigenvalue weighted by Crippen LogP contribution is 2.17. The Balaban J connectivity index is 1.81. The van der Waals surface area contributed by atoms with Crippen LogP contribution in [0.15, 0.2) is 12.4 Å². The van der Waals surface area contributed by atoms with Gasteiger partial charge in [0.15, 0.2) is 0 Å². The molecular weight excluding hydrogens is 248 g/mol. The van der Waals surface area contributed by atoms with E-state index in [0.717, 1.165) is 12.2 Å². The maximum absolute atomic E-state index is 11.9. The van der Waals surface area contributed by atoms with E-state index in [1.54, 1.807) is 6.20 Å². The summed E-state index contributed by atoms with van der Waals surface area (Å²) < 4.78 is 1.89. The molecule has 1 aromatic heterocycles. The number of amides is 2. The van der Waals surface area contributed by atoms with Gasteiger partial charge in [0, 0.05) is 39.0 Å². The van der Waals surface area contributed by atoms with Gasteiger partial charge in [-0.3, -0.25) is 0 Å². The molecule has 7 nitrogen and oxygen atoms in total. The number of rotatable bonds is 4. The van der Waals surface area contributed by atoms with Crippen molar-refractivity contribution in [3.8, 4) is 0 Å². The average molecular weight is 266 g/mol. The largest absolute Gasteiger partial charge is 0.480 e. The van der Waals surface area contributed by atoms with E-state index in [1.807, 2.05) is 17.8 Å². The van der Waals surface area contributed by atoms with Crippen molar-refractivity contribution in [1.29, 1.82) is 0 Å². The van der Waals surface area contributed by atoms with Gasteiger partial charge >= 0.3 is 12.0 Å². The zero-order valence-electron chi connectivity index (χ0n) is 10.9. The van der Waals surface area contributed by atoms with E-state index in [9.17, 15) is 9.59 Å². The highest BCUT2D eigenvalue weighted by molar-refractivity contribution is 5.83. The van der Waals surface area contributed by atoms with Crippen LogP contribution in [0.4, 0.5) is 4.79 Å². The van der Waals surface area contributed by atoms with Crippen LogP contribution in [0.1, 0.15) is 18.7 Å². The van der Waals surface area contributed by atoms with Gasteiger partial charge in [-0.15, -0.1) is 0 Å². The molecule has 0 aromatic carbocycles. The summed E-state index contributed by atoms with van der Waals surface area (Å²) in [5.74, 6) is -0.0479. The molecule has 7 heteroatoms. The third kappa shape index (κ3) is 3.04. The smallest absolute Gasteiger partial charge is 0.326 e. The first-order valence-corrected chi connectivity index (χ1v) is 6.33. The van der Waals surface area contributed by atoms with Gasteiger partial charge in [0.25, 0.3) is 0 Å². The number of aromatic nitrogens is 2. The topological polar surface area (TPSA) is 87.5 Å². The fourth-order valence-electron chi connectivity index (χ4n) is 2.29. The summed E-state index contributed by atoms with van der Waals surface area (Å²) in [6.45, 7) is 0.956. The summed E-state index contributed by atoms with van der Waals surface area (Å²) in [6.07, 6.45) is 5.45. The summed E-state index contributed by atoms with van der Waals surface area (Å²) in [4.78, 5) is 28.4. The Bertz CT molecular complexity index is 471. The van der Waals surface area contributed by atoms with Crippen LogP contribution in [0.25, 0.3) is 0 Å². The second kappa shape index (κ2) is 5.73. The molecule has 0 spiro atoms. The van der Waals surface area contributed by atoms with Gasteiger partial charge in [0.2, 0.25) is 0 Å². The summed E-state index contributed by atoms with van der Waals surface area (Å²) in [5, 5.41) is 11.8. The summed E-state index contributed by atoms with van der Waals surface area (Å²) in [7, 11) is 1.89. The van der Waals surface area contributed by atoms with Crippen molar-refractivity contribution < 1.29 is 14.7 Å². The van der Waals surface area contributed by atoms with Gasteiger partial charge in [0.05, 0.1) is 0 Å². The highest BCUT2D eigenvalue weighted by Gasteiger charge is 2.33. The minimum absolute atomic E-state index is 0.306. The van der Waals surface area contributed by atoms with Crippen LogP contribution in [-0.2, 0) is 18.3 Å². The molecule has 1 saturated heterocycles. The lowest BCUT2D eigenvalue weighted by atomic mass is 10.2. The molecule has 1 aromatic rings. The van der Waals surface area contributed by atoms with E-state index in [-0.39, 0.29) is 6.03 Å². The third-order valence-electron chi connectivity index (χ3n) is 3.34. The van der Waals surface area contributed by atoms with Crippen molar-refractivity contribution in [2.75, 3.05) is 13.1 Å². The Hall–Kier alpha value is -2.05. The van der Waals surface area contributed by atoms with Crippen molar-refractivity contribution in [3.63, 3.8) is 0 Å². The van der Waals surface area contributed by atoms with Crippen molar-refractivity contribution >= 4 is 12.0 Å². The minimum Gasteiger partial charge on any atom is -0.480 e. The second-order valence-electron chi connectivity index (χ2n) is 4.63. The number of hydrogen-bond donors (Lipinski definition) is 2. The van der Waals surface area contributed by atoms with E-state index < -0.39 is 12.0 Å². The molecule has 2 N–H and O–H groups in total. The molecule has 2 heterocycles. The van der Waals surface area contributed by atoms with Crippen LogP contribution in [0.5, 0.6) is 0 Å². The zero-order valence-corrected chi connectivity index (χ0v) is 10.9. The highest BCUT2D eigenvalue weighted by atomic mass is 16.4. The molecule has 19 heavy (non-hydrogen) atoms. The predicted molar refractivity (Wildman–Crippen MR) is 67.7 cm³/mol. The van der Waals surface area contributed by atoms with Crippen LogP contribution >= 0.6 is 0 Å². The first-order valence-electron chi connectivity index (χ1n) is 6.33. The Labute approximate surface area is 111 Å². The molecule has 1 aliphatic rings. The Morgan fingerprint density at radius 1 is 1.58 bits per heavy atom. The first-order chi connectivity index (χ1) is 9.09. The quantitative estimate of drug-likeness (QED) is 0.816. The molecule has 2 rings (SSSR count). The van der Waals surface area contributed by atoms with E-state index >= 15 is 0 Å². The molecule has 0 saturated carbocycles. The van der Waals surface area contributed by atoms with Crippen LogP contribution in [0.2, 0.25) is 0 Å². The minimum atomic E-state index is -0.934. The van der Waals surface area contributed by atoms with E-state index in [1.165, 1.54) is 4.90 Å². The number of hydrogen-bond acceptors (Lipinski definition) is 3. The number of aliphatic carboxylic acids is 1. The lowest BCUT2D eigenvalue weighted by molar-refractivity contribution is -0.141. The van der Waals surface area contributed by atoms with Crippen LogP contribution in [0, 0.1) is 0 Å². The molecule has 1 unspecified atom stereocenters. The standard InChI is InChI=1S/C12H18N4O3/c1-15-8-6-13-10(15)4-5-14-12(19)16-7-2-3-9(16)11(17)18/h6,8-9H,2-5,7H2,1H3,(H,14,19)(H,17,18). The number of aryl methyl sites for hydroxylation is 1. The van der Waals surface area contributed by atoms with Gasteiger partial charge in [-0.2, -0.15) is 0 Å². The Kier molecular flexibility index (Phi) is 4.03. The summed E-state index contributed by atoms with van der Waals surface area (Å²) >= 11 is 0. The third-order valence-corrected chi connectivity index (χ3v) is 3.34. The number of carbonyl (C=O) groups excluding carboxylic acids is 1. The SMILES string of the molecule is Cn1ccnc1CCNC(=O)N1CCCC1C(=O)O. The molecule has 1 atom stereocenters. The van der Waals surface area contributed by atoms with Gasteiger partial charge in [-0.25, -0.2) is 14.6 Å². The van der Waals surface area contributed by atoms with Gasteiger partial charge in [-0.05, 0) is 12.8 Å². The van der Waals surface area contributed by atoms with E-state index in [4.69, 9.17) is 5.11 Å². The van der Waals surface area contributed by atoms with Crippen molar-refractivity contribution in [1.82, 2.24) is 19.8 Å². The van der Waals surface area contributed by atoms with Gasteiger partial charge in [-0.1, -0.05) is 0 Å². The normalized spacial score (nSPS) is 18.6. The van der Waals surface area contributed by atoms with Crippen molar-refractivity contribution in [3.05, 3.63) is 18.2 Å². The van der Waals surface area contributed by atoms with Gasteiger partial charge in [0.1, 0.15) is 11.9 Å². The zero-order chi connectivity index (χ0) is 13.8. The van der Waals surface area contributed by atoms with Crippen LogP contribution in [-0.4, -0.2) is 50.7 Å². The lowest BCUT2D eigenvalue weighted by Crippen LogP contribution is -2.46. The molecule has 1 aliphatic heterocycles. The maximum Gasteiger partial charge on any atom is 0.326 e. The maximum atomic E-state index is 11.9. The number of carboxylic acids is 1. The number of nitrogens with zero attached hydrogens (tertiary/aromatic N) is 3.